The van der Waals surface area contributed by atoms with Gasteiger partial charge in [0.2, 0.25) is 0 Å². The van der Waals surface area contributed by atoms with Gasteiger partial charge < -0.3 is 19.7 Å². The molecule has 0 aromatic rings. The second-order valence-electron chi connectivity index (χ2n) is 8.64. The lowest BCUT2D eigenvalue weighted by molar-refractivity contribution is -0.181. The van der Waals surface area contributed by atoms with Gasteiger partial charge in [-0.15, -0.1) is 0 Å². The SMILES string of the molecule is CC(C)(C)OC(=O)C1CC(C(=O)O)C(C(=O)O)CC1C(=O)OC(C)(C)C. The molecule has 4 unspecified atom stereocenters. The van der Waals surface area contributed by atoms with Crippen LogP contribution in [-0.2, 0) is 28.7 Å². The van der Waals surface area contributed by atoms with Crippen LogP contribution in [0.5, 0.6) is 0 Å². The molecule has 0 heterocycles. The first-order valence-electron chi connectivity index (χ1n) is 8.53. The van der Waals surface area contributed by atoms with Crippen molar-refractivity contribution in [3.63, 3.8) is 0 Å². The maximum Gasteiger partial charge on any atom is 0.310 e. The van der Waals surface area contributed by atoms with Crippen LogP contribution in [-0.4, -0.2) is 45.3 Å². The van der Waals surface area contributed by atoms with Crippen molar-refractivity contribution in [1.82, 2.24) is 0 Å². The van der Waals surface area contributed by atoms with Gasteiger partial charge >= 0.3 is 23.9 Å². The minimum atomic E-state index is -1.31. The summed E-state index contributed by atoms with van der Waals surface area (Å²) in [6.07, 6.45) is -0.573. The molecule has 0 radical (unpaired) electrons. The van der Waals surface area contributed by atoms with Crippen LogP contribution in [0.25, 0.3) is 0 Å². The van der Waals surface area contributed by atoms with Crippen LogP contribution in [0.2, 0.25) is 0 Å². The lowest BCUT2D eigenvalue weighted by Gasteiger charge is -2.37. The van der Waals surface area contributed by atoms with Crippen molar-refractivity contribution in [2.24, 2.45) is 23.7 Å². The van der Waals surface area contributed by atoms with Gasteiger partial charge in [0.1, 0.15) is 11.2 Å². The van der Waals surface area contributed by atoms with Crippen LogP contribution in [0.15, 0.2) is 0 Å². The molecule has 0 amide bonds. The highest BCUT2D eigenvalue weighted by molar-refractivity contribution is 5.87. The van der Waals surface area contributed by atoms with Gasteiger partial charge in [0.15, 0.2) is 0 Å². The molecule has 1 saturated carbocycles. The van der Waals surface area contributed by atoms with Crippen molar-refractivity contribution in [3.05, 3.63) is 0 Å². The van der Waals surface area contributed by atoms with Crippen LogP contribution < -0.4 is 0 Å². The number of carboxylic acids is 2. The van der Waals surface area contributed by atoms with Gasteiger partial charge in [-0.2, -0.15) is 0 Å². The second kappa shape index (κ2) is 7.63. The highest BCUT2D eigenvalue weighted by Gasteiger charge is 2.51. The molecule has 1 fully saturated rings. The number of aliphatic carboxylic acids is 2. The summed E-state index contributed by atoms with van der Waals surface area (Å²) in [4.78, 5) is 48.1. The van der Waals surface area contributed by atoms with E-state index in [1.807, 2.05) is 0 Å². The van der Waals surface area contributed by atoms with E-state index in [-0.39, 0.29) is 12.8 Å². The van der Waals surface area contributed by atoms with E-state index in [2.05, 4.69) is 0 Å². The lowest BCUT2D eigenvalue weighted by atomic mass is 9.68. The Morgan fingerprint density at radius 2 is 0.923 bits per heavy atom. The fraction of sp³-hybridized carbons (Fsp3) is 0.778. The normalized spacial score (nSPS) is 26.7. The monoisotopic (exact) mass is 372 g/mol. The van der Waals surface area contributed by atoms with E-state index >= 15 is 0 Å². The number of carboxylic acid groups (broad SMARTS) is 2. The summed E-state index contributed by atoms with van der Waals surface area (Å²) in [5.74, 6) is -8.75. The number of carbonyl (C=O) groups is 4. The van der Waals surface area contributed by atoms with Crippen molar-refractivity contribution in [1.29, 1.82) is 0 Å². The minimum absolute atomic E-state index is 0.287. The van der Waals surface area contributed by atoms with Gasteiger partial charge in [-0.3, -0.25) is 19.2 Å². The highest BCUT2D eigenvalue weighted by Crippen LogP contribution is 2.41. The van der Waals surface area contributed by atoms with E-state index in [0.29, 0.717) is 0 Å². The van der Waals surface area contributed by atoms with Crippen molar-refractivity contribution < 1.29 is 38.9 Å². The van der Waals surface area contributed by atoms with Gasteiger partial charge in [0.25, 0.3) is 0 Å². The van der Waals surface area contributed by atoms with Crippen LogP contribution in [0.1, 0.15) is 54.4 Å². The van der Waals surface area contributed by atoms with Gasteiger partial charge in [-0.25, -0.2) is 0 Å². The molecule has 8 heteroatoms. The molecule has 0 saturated heterocycles. The quantitative estimate of drug-likeness (QED) is 0.718. The predicted molar refractivity (Wildman–Crippen MR) is 90.2 cm³/mol. The number of ether oxygens (including phenoxy) is 2. The van der Waals surface area contributed by atoms with Crippen molar-refractivity contribution >= 4 is 23.9 Å². The fourth-order valence-corrected chi connectivity index (χ4v) is 3.03. The zero-order chi connectivity index (χ0) is 20.4. The van der Waals surface area contributed by atoms with E-state index < -0.39 is 58.8 Å². The van der Waals surface area contributed by atoms with Gasteiger partial charge in [-0.05, 0) is 54.4 Å². The van der Waals surface area contributed by atoms with Crippen LogP contribution in [0, 0.1) is 23.7 Å². The molecule has 1 aliphatic rings. The summed E-state index contributed by atoms with van der Waals surface area (Å²) in [5, 5.41) is 18.7. The maximum atomic E-state index is 12.6. The first-order chi connectivity index (χ1) is 11.6. The van der Waals surface area contributed by atoms with E-state index in [9.17, 15) is 29.4 Å². The molecule has 26 heavy (non-hydrogen) atoms. The maximum absolute atomic E-state index is 12.6. The first-order valence-corrected chi connectivity index (χ1v) is 8.53. The van der Waals surface area contributed by atoms with Crippen molar-refractivity contribution in [3.8, 4) is 0 Å². The largest absolute Gasteiger partial charge is 0.481 e. The number of esters is 2. The minimum Gasteiger partial charge on any atom is -0.481 e. The molecule has 0 aromatic carbocycles. The van der Waals surface area contributed by atoms with E-state index in [0.717, 1.165) is 0 Å². The Bertz CT molecular complexity index is 529. The molecule has 0 spiro atoms. The topological polar surface area (TPSA) is 127 Å². The fourth-order valence-electron chi connectivity index (χ4n) is 3.03. The third kappa shape index (κ3) is 6.00. The first kappa shape index (κ1) is 21.9. The molecule has 0 aromatic heterocycles. The van der Waals surface area contributed by atoms with Crippen LogP contribution >= 0.6 is 0 Å². The summed E-state index contributed by atoms with van der Waals surface area (Å²) in [6.45, 7) is 9.95. The molecule has 0 bridgehead atoms. The average molecular weight is 372 g/mol. The summed E-state index contributed by atoms with van der Waals surface area (Å²) in [7, 11) is 0. The van der Waals surface area contributed by atoms with Crippen LogP contribution in [0.3, 0.4) is 0 Å². The number of hydrogen-bond acceptors (Lipinski definition) is 6. The molecule has 148 valence electrons. The molecule has 8 nitrogen and oxygen atoms in total. The average Bonchev–Trinajstić information content (AvgIpc) is 2.41. The van der Waals surface area contributed by atoms with Crippen molar-refractivity contribution in [2.75, 3.05) is 0 Å². The predicted octanol–water partition coefficient (Wildman–Crippen LogP) is 2.10. The van der Waals surface area contributed by atoms with E-state index in [4.69, 9.17) is 9.47 Å². The summed E-state index contributed by atoms with van der Waals surface area (Å²) < 4.78 is 10.6. The third-order valence-corrected chi connectivity index (χ3v) is 4.04. The van der Waals surface area contributed by atoms with E-state index in [1.54, 1.807) is 41.5 Å². The van der Waals surface area contributed by atoms with E-state index in [1.165, 1.54) is 0 Å². The van der Waals surface area contributed by atoms with Crippen molar-refractivity contribution in [2.45, 2.75) is 65.6 Å². The second-order valence-corrected chi connectivity index (χ2v) is 8.64. The lowest BCUT2D eigenvalue weighted by Crippen LogP contribution is -2.47. The number of rotatable bonds is 4. The Kier molecular flexibility index (Phi) is 6.44. The molecule has 4 atom stereocenters. The van der Waals surface area contributed by atoms with Gasteiger partial charge in [0.05, 0.1) is 23.7 Å². The molecule has 1 aliphatic carbocycles. The Morgan fingerprint density at radius 3 is 1.12 bits per heavy atom. The van der Waals surface area contributed by atoms with Gasteiger partial charge in [-0.1, -0.05) is 0 Å². The zero-order valence-corrected chi connectivity index (χ0v) is 16.1. The Hall–Kier alpha value is -2.12. The number of carbonyl (C=O) groups excluding carboxylic acids is 2. The molecular weight excluding hydrogens is 344 g/mol. The summed E-state index contributed by atoms with van der Waals surface area (Å²) in [6, 6.07) is 0. The summed E-state index contributed by atoms with van der Waals surface area (Å²) >= 11 is 0. The van der Waals surface area contributed by atoms with Crippen LogP contribution in [0.4, 0.5) is 0 Å². The Morgan fingerprint density at radius 1 is 0.654 bits per heavy atom. The standard InChI is InChI=1S/C18H28O8/c1-17(2,3)25-15(23)11-7-9(13(19)20)10(14(21)22)8-12(11)16(24)26-18(4,5)6/h9-12H,7-8H2,1-6H3,(H,19,20)(H,21,22). The summed E-state index contributed by atoms with van der Waals surface area (Å²) in [5.41, 5.74) is -1.64. The Balaban J connectivity index is 3.21. The third-order valence-electron chi connectivity index (χ3n) is 4.04. The van der Waals surface area contributed by atoms with Gasteiger partial charge in [0, 0.05) is 0 Å². The number of hydrogen-bond donors (Lipinski definition) is 2. The highest BCUT2D eigenvalue weighted by atomic mass is 16.6. The molecule has 2 N–H and O–H groups in total. The molecule has 0 aliphatic heterocycles. The zero-order valence-electron chi connectivity index (χ0n) is 16.1. The smallest absolute Gasteiger partial charge is 0.310 e. The molecule has 1 rings (SSSR count). The Labute approximate surface area is 152 Å². The molecular formula is C18H28O8.